The second-order valence-electron chi connectivity index (χ2n) is 15.9. The first-order valence-corrected chi connectivity index (χ1v) is 18.3. The van der Waals surface area contributed by atoms with Crippen molar-refractivity contribution in [2.75, 3.05) is 4.90 Å². The van der Waals surface area contributed by atoms with Crippen molar-refractivity contribution in [2.45, 2.75) is 62.2 Å². The summed E-state index contributed by atoms with van der Waals surface area (Å²) in [4.78, 5) is 2.58. The molecule has 0 aliphatic heterocycles. The molecule has 4 bridgehead atoms. The molecule has 1 heterocycles. The van der Waals surface area contributed by atoms with E-state index < -0.39 is 0 Å². The van der Waals surface area contributed by atoms with Gasteiger partial charge in [0.2, 0.25) is 0 Å². The molecule has 2 nitrogen and oxygen atoms in total. The smallest absolute Gasteiger partial charge is 0.137 e. The van der Waals surface area contributed by atoms with Crippen molar-refractivity contribution in [3.8, 4) is 0 Å². The number of hydrogen-bond donors (Lipinski definition) is 0. The van der Waals surface area contributed by atoms with Gasteiger partial charge >= 0.3 is 0 Å². The molecule has 1 spiro atoms. The van der Waals surface area contributed by atoms with Gasteiger partial charge < -0.3 is 9.32 Å². The Bertz CT molecular complexity index is 2260. The maximum atomic E-state index is 6.50. The molecule has 48 heavy (non-hydrogen) atoms. The van der Waals surface area contributed by atoms with Crippen molar-refractivity contribution in [1.82, 2.24) is 0 Å². The highest BCUT2D eigenvalue weighted by Gasteiger charge is 2.67. The molecule has 4 aromatic carbocycles. The van der Waals surface area contributed by atoms with Crippen LogP contribution in [0.4, 0.5) is 11.4 Å². The average Bonchev–Trinajstić information content (AvgIpc) is 3.81. The van der Waals surface area contributed by atoms with Crippen LogP contribution < -0.4 is 4.90 Å². The number of anilines is 2. The van der Waals surface area contributed by atoms with Gasteiger partial charge in [-0.15, -0.1) is 0 Å². The summed E-state index contributed by atoms with van der Waals surface area (Å²) in [6.07, 6.45) is 22.5. The number of nitrogens with zero attached hydrogens (tertiary/aromatic N) is 1. The predicted molar refractivity (Wildman–Crippen MR) is 197 cm³/mol. The molecule has 0 saturated heterocycles. The third kappa shape index (κ3) is 3.54. The van der Waals surface area contributed by atoms with Crippen molar-refractivity contribution in [3.63, 3.8) is 0 Å². The van der Waals surface area contributed by atoms with Crippen LogP contribution in [0, 0.1) is 23.7 Å². The maximum absolute atomic E-state index is 6.50. The summed E-state index contributed by atoms with van der Waals surface area (Å²) in [5.41, 5.74) is 12.2. The Morgan fingerprint density at radius 3 is 2.56 bits per heavy atom. The molecule has 7 unspecified atom stereocenters. The molecule has 236 valence electrons. The quantitative estimate of drug-likeness (QED) is 0.198. The number of fused-ring (bicyclic) bond motifs is 6. The molecule has 4 fully saturated rings. The van der Waals surface area contributed by atoms with E-state index in [4.69, 9.17) is 4.42 Å². The van der Waals surface area contributed by atoms with Gasteiger partial charge in [0, 0.05) is 45.0 Å². The van der Waals surface area contributed by atoms with Crippen LogP contribution in [0.5, 0.6) is 0 Å². The number of hydrogen-bond acceptors (Lipinski definition) is 2. The molecule has 2 heteroatoms. The summed E-state index contributed by atoms with van der Waals surface area (Å²) < 4.78 is 6.50. The molecular formula is C46H41NO. The summed E-state index contributed by atoms with van der Waals surface area (Å²) in [7, 11) is 0. The number of para-hydroxylation sites is 1. The molecule has 5 aromatic rings. The Labute approximate surface area is 283 Å². The standard InChI is InChI=1S/C46H41NO/c1-45(31-10-3-2-4-11-31)22-20-33(21-23-45)47(34-18-19-36-35-12-6-8-17-42(35)48-43(36)28-34)41-16-9-15-39-44(41)37-13-5-7-14-38(37)46(39)32-25-29-24-30(27-32)40(46)26-29/h2-12,14-22,28-30,32,37,40H,13,23-27H2,1H3. The lowest BCUT2D eigenvalue weighted by Crippen LogP contribution is -2.41. The molecule has 7 aliphatic rings. The van der Waals surface area contributed by atoms with E-state index in [1.54, 1.807) is 16.7 Å². The molecular weight excluding hydrogens is 583 g/mol. The molecule has 0 radical (unpaired) electrons. The summed E-state index contributed by atoms with van der Waals surface area (Å²) in [6.45, 7) is 2.37. The number of furan rings is 1. The van der Waals surface area contributed by atoms with Crippen molar-refractivity contribution < 1.29 is 4.42 Å². The van der Waals surface area contributed by atoms with Crippen molar-refractivity contribution >= 4 is 33.3 Å². The summed E-state index contributed by atoms with van der Waals surface area (Å²) in [6, 6.07) is 33.6. The lowest BCUT2D eigenvalue weighted by Gasteiger charge is -2.45. The normalized spacial score (nSPS) is 32.2. The third-order valence-corrected chi connectivity index (χ3v) is 13.7. The minimum Gasteiger partial charge on any atom is -0.456 e. The Balaban J connectivity index is 1.11. The first-order chi connectivity index (χ1) is 23.6. The zero-order valence-corrected chi connectivity index (χ0v) is 27.6. The van der Waals surface area contributed by atoms with Crippen LogP contribution in [0.15, 0.2) is 143 Å². The minimum atomic E-state index is -0.0337. The van der Waals surface area contributed by atoms with E-state index in [9.17, 15) is 0 Å². The number of rotatable bonds is 4. The van der Waals surface area contributed by atoms with E-state index in [-0.39, 0.29) is 10.8 Å². The van der Waals surface area contributed by atoms with E-state index in [0.29, 0.717) is 5.92 Å². The van der Waals surface area contributed by atoms with Crippen LogP contribution in [-0.4, -0.2) is 0 Å². The van der Waals surface area contributed by atoms with Gasteiger partial charge in [-0.2, -0.15) is 0 Å². The minimum absolute atomic E-state index is 0.0337. The Morgan fingerprint density at radius 2 is 1.69 bits per heavy atom. The first-order valence-electron chi connectivity index (χ1n) is 18.3. The summed E-state index contributed by atoms with van der Waals surface area (Å²) >= 11 is 0. The maximum Gasteiger partial charge on any atom is 0.137 e. The SMILES string of the molecule is CC1(c2ccccc2)C=CC(N(c2ccc3c(c2)oc2ccccc23)c2cccc3c2C2CC=CC=C2C32C3CC4CC(C3)C2C4)=CC1. The highest BCUT2D eigenvalue weighted by molar-refractivity contribution is 6.06. The van der Waals surface area contributed by atoms with E-state index in [0.717, 1.165) is 47.7 Å². The second kappa shape index (κ2) is 9.75. The van der Waals surface area contributed by atoms with Gasteiger partial charge in [0.05, 0.1) is 5.69 Å². The zero-order chi connectivity index (χ0) is 31.6. The topological polar surface area (TPSA) is 16.4 Å². The van der Waals surface area contributed by atoms with Crippen molar-refractivity contribution in [2.24, 2.45) is 23.7 Å². The Morgan fingerprint density at radius 1 is 0.812 bits per heavy atom. The van der Waals surface area contributed by atoms with Crippen LogP contribution >= 0.6 is 0 Å². The van der Waals surface area contributed by atoms with Gasteiger partial charge in [-0.3, -0.25) is 0 Å². The van der Waals surface area contributed by atoms with E-state index in [2.05, 4.69) is 139 Å². The fourth-order valence-electron chi connectivity index (χ4n) is 11.8. The molecule has 4 saturated carbocycles. The van der Waals surface area contributed by atoms with Gasteiger partial charge in [0.1, 0.15) is 11.2 Å². The van der Waals surface area contributed by atoms with Gasteiger partial charge in [0.15, 0.2) is 0 Å². The van der Waals surface area contributed by atoms with Gasteiger partial charge in [-0.05, 0) is 109 Å². The Kier molecular flexibility index (Phi) is 5.57. The fraction of sp³-hybridized carbons (Fsp3) is 0.304. The molecule has 12 rings (SSSR count). The number of benzene rings is 4. The van der Waals surface area contributed by atoms with E-state index in [1.807, 2.05) is 0 Å². The lowest BCUT2D eigenvalue weighted by molar-refractivity contribution is 0.185. The van der Waals surface area contributed by atoms with Crippen LogP contribution in [0.3, 0.4) is 0 Å². The zero-order valence-electron chi connectivity index (χ0n) is 27.6. The molecule has 1 aromatic heterocycles. The lowest BCUT2D eigenvalue weighted by atomic mass is 9.58. The Hall–Kier alpha value is -4.56. The van der Waals surface area contributed by atoms with Crippen LogP contribution in [-0.2, 0) is 10.8 Å². The van der Waals surface area contributed by atoms with E-state index in [1.165, 1.54) is 59.1 Å². The van der Waals surface area contributed by atoms with E-state index >= 15 is 0 Å². The largest absolute Gasteiger partial charge is 0.456 e. The predicted octanol–water partition coefficient (Wildman–Crippen LogP) is 11.8. The van der Waals surface area contributed by atoms with Crippen LogP contribution in [0.1, 0.15) is 68.1 Å². The summed E-state index contributed by atoms with van der Waals surface area (Å²) in [5, 5.41) is 2.36. The highest BCUT2D eigenvalue weighted by Crippen LogP contribution is 2.75. The van der Waals surface area contributed by atoms with Crippen LogP contribution in [0.25, 0.3) is 21.9 Å². The van der Waals surface area contributed by atoms with Crippen LogP contribution in [0.2, 0.25) is 0 Å². The monoisotopic (exact) mass is 623 g/mol. The third-order valence-electron chi connectivity index (χ3n) is 13.7. The molecule has 7 aliphatic carbocycles. The fourth-order valence-corrected chi connectivity index (χ4v) is 11.8. The average molecular weight is 624 g/mol. The number of allylic oxidation sites excluding steroid dienone is 7. The van der Waals surface area contributed by atoms with Gasteiger partial charge in [0.25, 0.3) is 0 Å². The summed E-state index contributed by atoms with van der Waals surface area (Å²) in [5.74, 6) is 3.90. The highest BCUT2D eigenvalue weighted by atomic mass is 16.3. The van der Waals surface area contributed by atoms with Gasteiger partial charge in [-0.25, -0.2) is 0 Å². The molecule has 0 N–H and O–H groups in total. The van der Waals surface area contributed by atoms with Gasteiger partial charge in [-0.1, -0.05) is 104 Å². The van der Waals surface area contributed by atoms with Crippen molar-refractivity contribution in [1.29, 1.82) is 0 Å². The van der Waals surface area contributed by atoms with Crippen molar-refractivity contribution in [3.05, 3.63) is 155 Å². The molecule has 7 atom stereocenters. The molecule has 0 amide bonds. The second-order valence-corrected chi connectivity index (χ2v) is 15.9. The first kappa shape index (κ1) is 27.4.